The van der Waals surface area contributed by atoms with E-state index in [-0.39, 0.29) is 51.0 Å². The number of anilines is 1. The number of benzene rings is 2. The van der Waals surface area contributed by atoms with Crippen molar-refractivity contribution < 1.29 is 28.2 Å². The highest BCUT2D eigenvalue weighted by Gasteiger charge is 2.33. The van der Waals surface area contributed by atoms with Crippen LogP contribution in [0.25, 0.3) is 10.9 Å². The number of likely N-dealkylation sites (N-methyl/N-ethyl adjacent to an activating group) is 1. The van der Waals surface area contributed by atoms with Crippen molar-refractivity contribution in [3.8, 4) is 0 Å². The fourth-order valence-corrected chi connectivity index (χ4v) is 4.21. The lowest BCUT2D eigenvalue weighted by Crippen LogP contribution is -2.31. The molecule has 3 aromatic rings. The average molecular weight is 523 g/mol. The number of aromatic nitrogens is 1. The van der Waals surface area contributed by atoms with Gasteiger partial charge >= 0.3 is 12.1 Å². The van der Waals surface area contributed by atoms with Crippen LogP contribution in [0, 0.1) is 5.82 Å². The number of esters is 1. The van der Waals surface area contributed by atoms with Gasteiger partial charge in [0, 0.05) is 17.5 Å². The van der Waals surface area contributed by atoms with Gasteiger partial charge in [0.15, 0.2) is 11.5 Å². The summed E-state index contributed by atoms with van der Waals surface area (Å²) < 4.78 is 26.0. The summed E-state index contributed by atoms with van der Waals surface area (Å²) in [6.07, 6.45) is -0.857. The Morgan fingerprint density at radius 2 is 1.77 bits per heavy atom. The van der Waals surface area contributed by atoms with Gasteiger partial charge in [-0.05, 0) is 52.0 Å². The van der Waals surface area contributed by atoms with Gasteiger partial charge in [-0.2, -0.15) is 0 Å². The van der Waals surface area contributed by atoms with Crippen molar-refractivity contribution in [2.75, 3.05) is 25.1 Å². The molecule has 7 nitrogen and oxygen atoms in total. The Balaban J connectivity index is 2.27. The van der Waals surface area contributed by atoms with Crippen molar-refractivity contribution in [2.24, 2.45) is 0 Å². The second-order valence-electron chi connectivity index (χ2n) is 8.77. The van der Waals surface area contributed by atoms with Crippen molar-refractivity contribution >= 4 is 57.6 Å². The lowest BCUT2D eigenvalue weighted by molar-refractivity contribution is 0.0454. The third kappa shape index (κ3) is 5.60. The molecule has 0 atom stereocenters. The van der Waals surface area contributed by atoms with E-state index in [2.05, 4.69) is 0 Å². The van der Waals surface area contributed by atoms with Gasteiger partial charge in [-0.1, -0.05) is 35.3 Å². The summed E-state index contributed by atoms with van der Waals surface area (Å²) in [4.78, 5) is 40.7. The van der Waals surface area contributed by atoms with Crippen LogP contribution in [0.1, 0.15) is 48.5 Å². The smallest absolute Gasteiger partial charge is 0.419 e. The number of nitrogens with zero attached hydrogens (tertiary/aromatic N) is 2. The van der Waals surface area contributed by atoms with Gasteiger partial charge in [-0.15, -0.1) is 0 Å². The number of carbonyl (C=O) groups is 3. The van der Waals surface area contributed by atoms with Crippen molar-refractivity contribution in [3.63, 3.8) is 0 Å². The molecule has 0 saturated heterocycles. The molecule has 10 heteroatoms. The van der Waals surface area contributed by atoms with Crippen LogP contribution >= 0.6 is 23.2 Å². The monoisotopic (exact) mass is 522 g/mol. The van der Waals surface area contributed by atoms with Crippen molar-refractivity contribution in [1.29, 1.82) is 0 Å². The van der Waals surface area contributed by atoms with Crippen LogP contribution < -0.4 is 4.90 Å². The van der Waals surface area contributed by atoms with Crippen LogP contribution in [0.3, 0.4) is 0 Å². The lowest BCUT2D eigenvalue weighted by atomic mass is 10.1. The van der Waals surface area contributed by atoms with Crippen molar-refractivity contribution in [1.82, 2.24) is 4.57 Å². The SMILES string of the molecule is CCOC(=O)c1c(N(C)CC(=O)c2ccccc2F)c2c(Cl)cc(Cl)cc2n1C(=O)OC(C)(C)C. The highest BCUT2D eigenvalue weighted by Crippen LogP contribution is 2.41. The van der Waals surface area contributed by atoms with Crippen LogP contribution in [0.15, 0.2) is 36.4 Å². The molecule has 3 rings (SSSR count). The van der Waals surface area contributed by atoms with E-state index in [9.17, 15) is 18.8 Å². The maximum Gasteiger partial charge on any atom is 0.419 e. The number of fused-ring (bicyclic) bond motifs is 1. The molecule has 0 unspecified atom stereocenters. The predicted molar refractivity (Wildman–Crippen MR) is 134 cm³/mol. The first-order valence-corrected chi connectivity index (χ1v) is 11.5. The summed E-state index contributed by atoms with van der Waals surface area (Å²) in [6, 6.07) is 8.50. The van der Waals surface area contributed by atoms with E-state index in [4.69, 9.17) is 32.7 Å². The fraction of sp³-hybridized carbons (Fsp3) is 0.320. The lowest BCUT2D eigenvalue weighted by Gasteiger charge is -2.22. The molecule has 0 saturated carbocycles. The molecule has 0 bridgehead atoms. The molecule has 1 heterocycles. The maximum absolute atomic E-state index is 14.2. The molecular weight excluding hydrogens is 498 g/mol. The molecule has 0 amide bonds. The Morgan fingerprint density at radius 3 is 2.37 bits per heavy atom. The van der Waals surface area contributed by atoms with Crippen molar-refractivity contribution in [3.05, 3.63) is 63.5 Å². The number of halogens is 3. The molecule has 1 aromatic heterocycles. The van der Waals surface area contributed by atoms with Crippen LogP contribution in [-0.2, 0) is 9.47 Å². The number of Topliss-reactive ketones (excluding diaryl/α,β-unsaturated/α-hetero) is 1. The topological polar surface area (TPSA) is 77.8 Å². The molecule has 0 spiro atoms. The third-order valence-corrected chi connectivity index (χ3v) is 5.46. The molecule has 0 aliphatic rings. The standard InChI is InChI=1S/C25H25Cl2FN2O5/c1-6-34-23(32)22-21(29(5)13-19(31)15-9-7-8-10-17(15)28)20-16(27)11-14(26)12-18(20)30(22)24(33)35-25(2,3)4/h7-12H,6,13H2,1-5H3. The Labute approximate surface area is 212 Å². The summed E-state index contributed by atoms with van der Waals surface area (Å²) in [5.41, 5.74) is -0.837. The van der Waals surface area contributed by atoms with Gasteiger partial charge in [0.25, 0.3) is 0 Å². The summed E-state index contributed by atoms with van der Waals surface area (Å²) in [6.45, 7) is 6.37. The Kier molecular flexibility index (Phi) is 7.77. The first-order valence-electron chi connectivity index (χ1n) is 10.8. The molecule has 2 aromatic carbocycles. The van der Waals surface area contributed by atoms with E-state index in [0.717, 1.165) is 4.57 Å². The fourth-order valence-electron chi connectivity index (χ4n) is 3.64. The van der Waals surface area contributed by atoms with E-state index in [1.807, 2.05) is 0 Å². The zero-order valence-corrected chi connectivity index (χ0v) is 21.5. The number of ketones is 1. The van der Waals surface area contributed by atoms with Crippen LogP contribution in [-0.4, -0.2) is 48.2 Å². The molecule has 0 aliphatic heterocycles. The summed E-state index contributed by atoms with van der Waals surface area (Å²) in [5.74, 6) is -2.04. The second kappa shape index (κ2) is 10.3. The minimum absolute atomic E-state index is 0.0283. The number of ether oxygens (including phenoxy) is 2. The number of hydrogen-bond donors (Lipinski definition) is 0. The predicted octanol–water partition coefficient (Wildman–Crippen LogP) is 6.37. The molecule has 0 N–H and O–H groups in total. The molecular formula is C25H25Cl2FN2O5. The summed E-state index contributed by atoms with van der Waals surface area (Å²) in [7, 11) is 1.53. The van der Waals surface area contributed by atoms with E-state index in [1.165, 1.54) is 42.3 Å². The van der Waals surface area contributed by atoms with E-state index < -0.39 is 29.3 Å². The number of carbonyl (C=O) groups excluding carboxylic acids is 3. The van der Waals surface area contributed by atoms with E-state index in [0.29, 0.717) is 0 Å². The third-order valence-electron chi connectivity index (χ3n) is 4.94. The Bertz CT molecular complexity index is 1310. The first-order chi connectivity index (χ1) is 16.4. The van der Waals surface area contributed by atoms with Gasteiger partial charge in [0.1, 0.15) is 11.4 Å². The molecule has 0 fully saturated rings. The highest BCUT2D eigenvalue weighted by molar-refractivity contribution is 6.40. The first kappa shape index (κ1) is 26.5. The van der Waals surface area contributed by atoms with Crippen LogP contribution in [0.4, 0.5) is 14.9 Å². The minimum Gasteiger partial charge on any atom is -0.461 e. The largest absolute Gasteiger partial charge is 0.461 e. The summed E-state index contributed by atoms with van der Waals surface area (Å²) in [5, 5.41) is 0.645. The van der Waals surface area contributed by atoms with E-state index >= 15 is 0 Å². The number of rotatable bonds is 6. The second-order valence-corrected chi connectivity index (χ2v) is 9.62. The maximum atomic E-state index is 14.2. The minimum atomic E-state index is -0.880. The molecule has 0 aliphatic carbocycles. The van der Waals surface area contributed by atoms with Gasteiger partial charge in [0.05, 0.1) is 34.9 Å². The van der Waals surface area contributed by atoms with Crippen LogP contribution in [0.2, 0.25) is 10.0 Å². The number of hydrogen-bond acceptors (Lipinski definition) is 6. The normalized spacial score (nSPS) is 11.4. The van der Waals surface area contributed by atoms with Gasteiger partial charge in [-0.3, -0.25) is 4.79 Å². The Hall–Kier alpha value is -3.10. The molecule has 186 valence electrons. The summed E-state index contributed by atoms with van der Waals surface area (Å²) >= 11 is 12.7. The van der Waals surface area contributed by atoms with Crippen LogP contribution in [0.5, 0.6) is 0 Å². The van der Waals surface area contributed by atoms with Gasteiger partial charge in [-0.25, -0.2) is 18.5 Å². The van der Waals surface area contributed by atoms with Gasteiger partial charge < -0.3 is 14.4 Å². The zero-order chi connectivity index (χ0) is 26.1. The van der Waals surface area contributed by atoms with Crippen molar-refractivity contribution in [2.45, 2.75) is 33.3 Å². The Morgan fingerprint density at radius 1 is 1.11 bits per heavy atom. The molecule has 0 radical (unpaired) electrons. The highest BCUT2D eigenvalue weighted by atomic mass is 35.5. The molecule has 35 heavy (non-hydrogen) atoms. The van der Waals surface area contributed by atoms with Gasteiger partial charge in [0.2, 0.25) is 0 Å². The average Bonchev–Trinajstić information content (AvgIpc) is 3.08. The van der Waals surface area contributed by atoms with E-state index in [1.54, 1.807) is 33.8 Å². The quantitative estimate of drug-likeness (QED) is 0.276. The zero-order valence-electron chi connectivity index (χ0n) is 19.9.